The highest BCUT2D eigenvalue weighted by molar-refractivity contribution is 6.06. The van der Waals surface area contributed by atoms with Gasteiger partial charge in [0, 0.05) is 16.7 Å². The molecule has 0 saturated heterocycles. The molecule has 0 N–H and O–H groups in total. The molecule has 3 aliphatic rings. The predicted molar refractivity (Wildman–Crippen MR) is 265 cm³/mol. The van der Waals surface area contributed by atoms with E-state index in [-0.39, 0.29) is 10.8 Å². The van der Waals surface area contributed by atoms with Crippen LogP contribution in [0.4, 0.5) is 17.1 Å². The Hall–Kier alpha value is -7.48. The largest absolute Gasteiger partial charge is 0.309 e. The Bertz CT molecular complexity index is 3260. The summed E-state index contributed by atoms with van der Waals surface area (Å²) in [5.41, 5.74) is 21.3. The summed E-state index contributed by atoms with van der Waals surface area (Å²) in [7, 11) is 0. The lowest BCUT2D eigenvalue weighted by molar-refractivity contribution is 0.661. The van der Waals surface area contributed by atoms with Crippen LogP contribution in [0.3, 0.4) is 0 Å². The van der Waals surface area contributed by atoms with Crippen LogP contribution in [-0.2, 0) is 10.8 Å². The van der Waals surface area contributed by atoms with Crippen LogP contribution < -0.4 is 4.90 Å². The molecule has 1 nitrogen and oxygen atoms in total. The number of hydrogen-bond acceptors (Lipinski definition) is 1. The highest BCUT2D eigenvalue weighted by Gasteiger charge is 2.47. The van der Waals surface area contributed by atoms with E-state index in [4.69, 9.17) is 0 Å². The first kappa shape index (κ1) is 37.3. The molecule has 0 unspecified atom stereocenters. The van der Waals surface area contributed by atoms with Crippen LogP contribution >= 0.6 is 0 Å². The molecule has 0 bridgehead atoms. The molecule has 0 heterocycles. The molecule has 1 heteroatoms. The van der Waals surface area contributed by atoms with E-state index in [9.17, 15) is 0 Å². The molecule has 0 aliphatic heterocycles. The van der Waals surface area contributed by atoms with Gasteiger partial charge >= 0.3 is 0 Å². The molecule has 0 radical (unpaired) electrons. The van der Waals surface area contributed by atoms with Crippen molar-refractivity contribution in [3.8, 4) is 33.4 Å². The lowest BCUT2D eigenvalue weighted by Crippen LogP contribution is -2.29. The summed E-state index contributed by atoms with van der Waals surface area (Å²) in [6, 6.07) is 79.2. The molecule has 12 rings (SSSR count). The Morgan fingerprint density at radius 2 is 1.11 bits per heavy atom. The average Bonchev–Trinajstić information content (AvgIpc) is 3.78. The fourth-order valence-corrected chi connectivity index (χ4v) is 11.5. The van der Waals surface area contributed by atoms with Crippen molar-refractivity contribution in [3.05, 3.63) is 263 Å². The van der Waals surface area contributed by atoms with E-state index in [0.29, 0.717) is 0 Å². The van der Waals surface area contributed by atoms with Gasteiger partial charge in [-0.2, -0.15) is 0 Å². The molecule has 9 aromatic rings. The summed E-state index contributed by atoms with van der Waals surface area (Å²) in [6.07, 6.45) is 6.87. The first-order valence-electron chi connectivity index (χ1n) is 22.4. The summed E-state index contributed by atoms with van der Waals surface area (Å²) >= 11 is 0. The lowest BCUT2D eigenvalue weighted by Gasteiger charge is -2.35. The zero-order valence-electron chi connectivity index (χ0n) is 35.7. The maximum atomic E-state index is 2.56. The van der Waals surface area contributed by atoms with E-state index < -0.39 is 0 Å². The Balaban J connectivity index is 1.09. The second-order valence-electron chi connectivity index (χ2n) is 17.9. The van der Waals surface area contributed by atoms with Crippen molar-refractivity contribution in [2.75, 3.05) is 4.90 Å². The van der Waals surface area contributed by atoms with Gasteiger partial charge in [-0.05, 0) is 126 Å². The van der Waals surface area contributed by atoms with E-state index in [1.165, 1.54) is 94.4 Å². The summed E-state index contributed by atoms with van der Waals surface area (Å²) in [5.74, 6) is 0. The number of nitrogens with zero attached hydrogens (tertiary/aromatic N) is 1. The van der Waals surface area contributed by atoms with Crippen molar-refractivity contribution < 1.29 is 0 Å². The molecule has 9 aromatic carbocycles. The molecule has 0 spiro atoms. The average molecular weight is 806 g/mol. The first-order chi connectivity index (χ1) is 31.0. The van der Waals surface area contributed by atoms with E-state index in [0.717, 1.165) is 24.2 Å². The minimum absolute atomic E-state index is 0.216. The van der Waals surface area contributed by atoms with Gasteiger partial charge in [-0.1, -0.05) is 208 Å². The molecule has 0 amide bonds. The Labute approximate surface area is 371 Å². The number of anilines is 3. The molecule has 0 aromatic heterocycles. The van der Waals surface area contributed by atoms with E-state index in [1.54, 1.807) is 0 Å². The molecule has 0 atom stereocenters. The molecule has 0 saturated carbocycles. The minimum Gasteiger partial charge on any atom is -0.309 e. The normalized spacial score (nSPS) is 15.1. The van der Waals surface area contributed by atoms with Crippen molar-refractivity contribution in [3.63, 3.8) is 0 Å². The van der Waals surface area contributed by atoms with Crippen LogP contribution in [-0.4, -0.2) is 0 Å². The standard InChI is InChI=1S/C62H47N/c1-61(2)54-33-16-14-30-50(54)52-32-19-35-58(60(52)61)63(57-39-37-42-20-12-13-29-49(42)59(57)43-21-6-3-7-22-43)48-28-18-23-44(40-48)45-36-38-56-53(41-45)51-31-15-17-34-55(51)62(56,46-24-8-4-9-25-46)47-26-10-5-11-27-47/h3-14,16-30,32-41H,15,31H2,1-2H3. The second kappa shape index (κ2) is 14.6. The predicted octanol–water partition coefficient (Wildman–Crippen LogP) is 16.4. The molecular formula is C62H47N. The fraction of sp³-hybridized carbons (Fsp3) is 0.0968. The van der Waals surface area contributed by atoms with Gasteiger partial charge in [-0.25, -0.2) is 0 Å². The van der Waals surface area contributed by atoms with Gasteiger partial charge in [0.05, 0.1) is 16.8 Å². The number of allylic oxidation sites excluding steroid dienone is 4. The summed E-state index contributed by atoms with van der Waals surface area (Å²) in [5, 5.41) is 2.47. The van der Waals surface area contributed by atoms with Gasteiger partial charge in [0.15, 0.2) is 0 Å². The quantitative estimate of drug-likeness (QED) is 0.155. The number of hydrogen-bond donors (Lipinski definition) is 0. The lowest BCUT2D eigenvalue weighted by atomic mass is 9.66. The van der Waals surface area contributed by atoms with E-state index in [1.807, 2.05) is 0 Å². The van der Waals surface area contributed by atoms with Crippen molar-refractivity contribution in [1.29, 1.82) is 0 Å². The second-order valence-corrected chi connectivity index (χ2v) is 17.9. The molecule has 300 valence electrons. The topological polar surface area (TPSA) is 3.24 Å². The third kappa shape index (κ3) is 5.62. The third-order valence-corrected chi connectivity index (χ3v) is 14.2. The van der Waals surface area contributed by atoms with Gasteiger partial charge in [0.25, 0.3) is 0 Å². The van der Waals surface area contributed by atoms with Crippen molar-refractivity contribution >= 4 is 33.4 Å². The summed E-state index contributed by atoms with van der Waals surface area (Å²) in [4.78, 5) is 2.56. The van der Waals surface area contributed by atoms with Crippen LogP contribution in [0.5, 0.6) is 0 Å². The molecule has 3 aliphatic carbocycles. The van der Waals surface area contributed by atoms with Crippen LogP contribution in [0.25, 0.3) is 49.7 Å². The maximum Gasteiger partial charge on any atom is 0.0710 e. The Morgan fingerprint density at radius 1 is 0.460 bits per heavy atom. The maximum absolute atomic E-state index is 2.56. The van der Waals surface area contributed by atoms with Gasteiger partial charge in [0.2, 0.25) is 0 Å². The van der Waals surface area contributed by atoms with Crippen LogP contribution in [0, 0.1) is 0 Å². The van der Waals surface area contributed by atoms with Gasteiger partial charge in [-0.3, -0.25) is 0 Å². The van der Waals surface area contributed by atoms with Crippen LogP contribution in [0.15, 0.2) is 230 Å². The smallest absolute Gasteiger partial charge is 0.0710 e. The zero-order chi connectivity index (χ0) is 42.1. The minimum atomic E-state index is -0.386. The van der Waals surface area contributed by atoms with Crippen LogP contribution in [0.2, 0.25) is 0 Å². The monoisotopic (exact) mass is 805 g/mol. The van der Waals surface area contributed by atoms with E-state index in [2.05, 4.69) is 243 Å². The van der Waals surface area contributed by atoms with Crippen molar-refractivity contribution in [2.24, 2.45) is 0 Å². The van der Waals surface area contributed by atoms with Crippen LogP contribution in [0.1, 0.15) is 60.1 Å². The van der Waals surface area contributed by atoms with Gasteiger partial charge in [0.1, 0.15) is 0 Å². The molecular weight excluding hydrogens is 759 g/mol. The van der Waals surface area contributed by atoms with Crippen molar-refractivity contribution in [2.45, 2.75) is 37.5 Å². The number of fused-ring (bicyclic) bond motifs is 6. The molecule has 0 fully saturated rings. The zero-order valence-corrected chi connectivity index (χ0v) is 35.7. The number of rotatable bonds is 7. The first-order valence-corrected chi connectivity index (χ1v) is 22.4. The Kier molecular flexibility index (Phi) is 8.63. The van der Waals surface area contributed by atoms with Gasteiger partial charge < -0.3 is 4.90 Å². The van der Waals surface area contributed by atoms with Gasteiger partial charge in [-0.15, -0.1) is 0 Å². The Morgan fingerprint density at radius 3 is 1.90 bits per heavy atom. The fourth-order valence-electron chi connectivity index (χ4n) is 11.5. The number of benzene rings is 9. The third-order valence-electron chi connectivity index (χ3n) is 14.2. The highest BCUT2D eigenvalue weighted by Crippen LogP contribution is 2.59. The summed E-state index contributed by atoms with van der Waals surface area (Å²) in [6.45, 7) is 4.79. The van der Waals surface area contributed by atoms with E-state index >= 15 is 0 Å². The molecule has 63 heavy (non-hydrogen) atoms. The summed E-state index contributed by atoms with van der Waals surface area (Å²) < 4.78 is 0. The van der Waals surface area contributed by atoms with Crippen molar-refractivity contribution in [1.82, 2.24) is 0 Å². The SMILES string of the molecule is CC1(C)c2ccccc2-c2cccc(N(c3cccc(-c4ccc5c(c4)C4=C(C=CCC4)C5(c4ccccc4)c4ccccc4)c3)c3ccc4ccccc4c3-c3ccccc3)c21. The highest BCUT2D eigenvalue weighted by atomic mass is 15.1.